The first kappa shape index (κ1) is 42.0. The Morgan fingerprint density at radius 3 is 2.04 bits per heavy atom. The maximum atomic E-state index is 13.3. The number of nitriles is 1. The number of carbonyl (C=O) groups excluding carboxylic acids is 4. The first-order valence-electron chi connectivity index (χ1n) is 15.3. The third-order valence-electron chi connectivity index (χ3n) is 7.28. The van der Waals surface area contributed by atoms with E-state index >= 15 is 0 Å². The Hall–Kier alpha value is -4.15. The van der Waals surface area contributed by atoms with Gasteiger partial charge in [-0.1, -0.05) is 5.09 Å². The standard InChI is InChI=1S/C30H43N6O13P/c1-16(2)47-27(38)17(3)35-50(41)46-14-30(13-31,45-10)24(49-29(40)20(6)44-9)23(48-28(39)19(5)43-8)21-11-12-22-25(32-15-33-36(21)22)34-26(37)18(4)42-7/h11-12,15-20,23-24H,14H2,1-10H3,(H-,32,33,34,35,37,41)/p+1/t17-,18+,19+,20+,23-,24-,30+/m0/s1. The van der Waals surface area contributed by atoms with Crippen LogP contribution in [0, 0.1) is 11.3 Å². The number of esters is 3. The Morgan fingerprint density at radius 2 is 1.50 bits per heavy atom. The highest BCUT2D eigenvalue weighted by molar-refractivity contribution is 7.36. The molecule has 0 aliphatic rings. The number of nitrogens with zero attached hydrogens (tertiary/aromatic N) is 4. The predicted molar refractivity (Wildman–Crippen MR) is 172 cm³/mol. The van der Waals surface area contributed by atoms with Gasteiger partial charge >= 0.3 is 26.1 Å². The summed E-state index contributed by atoms with van der Waals surface area (Å²) in [6, 6.07) is 3.74. The third-order valence-corrected chi connectivity index (χ3v) is 8.24. The molecular formula is C30H44N6O13P+. The smallest absolute Gasteiger partial charge is 0.462 e. The van der Waals surface area contributed by atoms with Crippen LogP contribution in [0.15, 0.2) is 18.5 Å². The average molecular weight is 728 g/mol. The molecule has 2 aromatic heterocycles. The van der Waals surface area contributed by atoms with Gasteiger partial charge in [0, 0.05) is 28.4 Å². The van der Waals surface area contributed by atoms with Crippen molar-refractivity contribution in [2.75, 3.05) is 40.4 Å². The lowest BCUT2D eigenvalue weighted by molar-refractivity contribution is -0.202. The Kier molecular flexibility index (Phi) is 16.2. The molecule has 1 amide bonds. The van der Waals surface area contributed by atoms with Crippen molar-refractivity contribution in [3.8, 4) is 6.07 Å². The first-order valence-corrected chi connectivity index (χ1v) is 16.4. The van der Waals surface area contributed by atoms with Crippen LogP contribution in [0.3, 0.4) is 0 Å². The van der Waals surface area contributed by atoms with Gasteiger partial charge < -0.3 is 38.5 Å². The summed E-state index contributed by atoms with van der Waals surface area (Å²) < 4.78 is 57.3. The highest BCUT2D eigenvalue weighted by atomic mass is 31.1. The third kappa shape index (κ3) is 10.7. The van der Waals surface area contributed by atoms with Crippen molar-refractivity contribution in [1.29, 1.82) is 5.26 Å². The van der Waals surface area contributed by atoms with Gasteiger partial charge in [-0.25, -0.2) is 19.1 Å². The fourth-order valence-corrected chi connectivity index (χ4v) is 4.85. The number of fused-ring (bicyclic) bond motifs is 1. The minimum atomic E-state index is -2.86. The van der Waals surface area contributed by atoms with E-state index < -0.39 is 86.9 Å². The molecule has 1 unspecified atom stereocenters. The molecule has 0 aliphatic carbocycles. The summed E-state index contributed by atoms with van der Waals surface area (Å²) >= 11 is 0. The SMILES string of the molecule is CO[C@H](C)C(=O)Nc1ncnn2c([C@H](OC(=O)[C@@H](C)OC)[C@H](OC(=O)[C@@H](C)OC)[C@@](C#N)(CO[P+](=O)N[C@@H](C)C(=O)OC(C)C)OC)ccc12. The van der Waals surface area contributed by atoms with Crippen LogP contribution in [0.2, 0.25) is 0 Å². The van der Waals surface area contributed by atoms with Gasteiger partial charge in [0.2, 0.25) is 5.60 Å². The molecule has 8 atom stereocenters. The van der Waals surface area contributed by atoms with Crippen molar-refractivity contribution in [2.24, 2.45) is 0 Å². The van der Waals surface area contributed by atoms with Crippen molar-refractivity contribution >= 4 is 43.3 Å². The van der Waals surface area contributed by atoms with Crippen molar-refractivity contribution in [3.63, 3.8) is 0 Å². The number of hydrogen-bond acceptors (Lipinski definition) is 16. The van der Waals surface area contributed by atoms with Gasteiger partial charge in [-0.3, -0.25) is 9.59 Å². The van der Waals surface area contributed by atoms with E-state index in [0.717, 1.165) is 13.4 Å². The summed E-state index contributed by atoms with van der Waals surface area (Å²) in [6.07, 6.45) is -6.07. The van der Waals surface area contributed by atoms with E-state index in [0.29, 0.717) is 0 Å². The summed E-state index contributed by atoms with van der Waals surface area (Å²) in [6.45, 7) is 8.12. The predicted octanol–water partition coefficient (Wildman–Crippen LogP) is 1.78. The molecule has 2 aromatic rings. The highest BCUT2D eigenvalue weighted by Crippen LogP contribution is 2.37. The first-order chi connectivity index (χ1) is 23.6. The van der Waals surface area contributed by atoms with E-state index in [2.05, 4.69) is 20.5 Å². The minimum absolute atomic E-state index is 0.0152. The van der Waals surface area contributed by atoms with E-state index in [9.17, 15) is 29.0 Å². The number of nitrogens with one attached hydrogen (secondary N) is 2. The molecule has 0 saturated carbocycles. The van der Waals surface area contributed by atoms with Gasteiger partial charge in [0.15, 0.2) is 36.8 Å². The van der Waals surface area contributed by atoms with Crippen molar-refractivity contribution < 1.29 is 61.4 Å². The zero-order valence-corrected chi connectivity index (χ0v) is 30.4. The molecule has 0 fully saturated rings. The molecule has 2 heterocycles. The van der Waals surface area contributed by atoms with Crippen molar-refractivity contribution in [1.82, 2.24) is 19.7 Å². The highest BCUT2D eigenvalue weighted by Gasteiger charge is 2.53. The van der Waals surface area contributed by atoms with Gasteiger partial charge in [0.05, 0.1) is 11.8 Å². The fraction of sp³-hybridized carbons (Fsp3) is 0.633. The number of aromatic nitrogens is 3. The largest absolute Gasteiger partial charge is 0.613 e. The van der Waals surface area contributed by atoms with Crippen LogP contribution >= 0.6 is 8.18 Å². The lowest BCUT2D eigenvalue weighted by Crippen LogP contribution is -2.54. The second-order valence-corrected chi connectivity index (χ2v) is 12.1. The average Bonchev–Trinajstić information content (AvgIpc) is 3.53. The monoisotopic (exact) mass is 727 g/mol. The van der Waals surface area contributed by atoms with Crippen LogP contribution in [-0.4, -0.2) is 116 Å². The summed E-state index contributed by atoms with van der Waals surface area (Å²) in [5.74, 6) is -3.13. The quantitative estimate of drug-likeness (QED) is 0.112. The number of anilines is 1. The lowest BCUT2D eigenvalue weighted by Gasteiger charge is -2.36. The van der Waals surface area contributed by atoms with Gasteiger partial charge in [-0.05, 0) is 58.2 Å². The number of ether oxygens (including phenoxy) is 7. The molecule has 50 heavy (non-hydrogen) atoms. The number of rotatable bonds is 20. The number of carbonyl (C=O) groups is 4. The fourth-order valence-electron chi connectivity index (χ4n) is 4.04. The van der Waals surface area contributed by atoms with Crippen LogP contribution in [-0.2, 0) is 61.4 Å². The Balaban J connectivity index is 2.72. The summed E-state index contributed by atoms with van der Waals surface area (Å²) in [7, 11) is 2.10. The van der Waals surface area contributed by atoms with E-state index in [-0.39, 0.29) is 17.0 Å². The van der Waals surface area contributed by atoms with Crippen LogP contribution in [0.5, 0.6) is 0 Å². The van der Waals surface area contributed by atoms with Crippen molar-refractivity contribution in [2.45, 2.75) is 89.8 Å². The van der Waals surface area contributed by atoms with Gasteiger partial charge in [-0.2, -0.15) is 10.4 Å². The Bertz CT molecular complexity index is 1550. The zero-order valence-electron chi connectivity index (χ0n) is 29.5. The molecule has 20 heteroatoms. The molecule has 19 nitrogen and oxygen atoms in total. The molecule has 0 spiro atoms. The van der Waals surface area contributed by atoms with Gasteiger partial charge in [0.25, 0.3) is 5.91 Å². The maximum absolute atomic E-state index is 13.3. The Labute approximate surface area is 290 Å². The van der Waals surface area contributed by atoms with Crippen molar-refractivity contribution in [3.05, 3.63) is 24.2 Å². The van der Waals surface area contributed by atoms with Gasteiger partial charge in [-0.15, -0.1) is 4.52 Å². The lowest BCUT2D eigenvalue weighted by atomic mass is 9.92. The van der Waals surface area contributed by atoms with Crippen LogP contribution in [0.1, 0.15) is 53.3 Å². The van der Waals surface area contributed by atoms with Crippen LogP contribution in [0.25, 0.3) is 5.52 Å². The number of methoxy groups -OCH3 is 4. The zero-order chi connectivity index (χ0) is 37.8. The molecule has 0 aromatic carbocycles. The second kappa shape index (κ2) is 19.3. The van der Waals surface area contributed by atoms with E-state index in [1.54, 1.807) is 13.8 Å². The molecule has 2 N–H and O–H groups in total. The molecule has 0 bridgehead atoms. The maximum Gasteiger partial charge on any atom is 0.613 e. The van der Waals surface area contributed by atoms with Crippen LogP contribution in [0.4, 0.5) is 5.82 Å². The molecule has 2 rings (SSSR count). The summed E-state index contributed by atoms with van der Waals surface area (Å²) in [5, 5.41) is 19.9. The molecule has 0 radical (unpaired) electrons. The molecule has 0 aliphatic heterocycles. The molecule has 0 saturated heterocycles. The van der Waals surface area contributed by atoms with Gasteiger partial charge in [0.1, 0.15) is 30.1 Å². The Morgan fingerprint density at radius 1 is 0.900 bits per heavy atom. The number of amides is 1. The summed E-state index contributed by atoms with van der Waals surface area (Å²) in [5.41, 5.74) is -2.12. The molecule has 276 valence electrons. The normalized spacial score (nSPS) is 16.6. The van der Waals surface area contributed by atoms with E-state index in [1.165, 1.54) is 65.7 Å². The van der Waals surface area contributed by atoms with E-state index in [1.807, 2.05) is 6.07 Å². The summed E-state index contributed by atoms with van der Waals surface area (Å²) in [4.78, 5) is 55.5. The van der Waals surface area contributed by atoms with E-state index in [4.69, 9.17) is 37.7 Å². The topological polar surface area (TPSA) is 237 Å². The second-order valence-electron chi connectivity index (χ2n) is 11.1. The molecular weight excluding hydrogens is 683 g/mol. The van der Waals surface area contributed by atoms with Crippen LogP contribution < -0.4 is 10.4 Å². The number of hydrogen-bond donors (Lipinski definition) is 2. The minimum Gasteiger partial charge on any atom is -0.462 e.